The minimum atomic E-state index is 0.236. The third-order valence-corrected chi connectivity index (χ3v) is 5.68. The summed E-state index contributed by atoms with van der Waals surface area (Å²) >= 11 is 0. The van der Waals surface area contributed by atoms with Gasteiger partial charge in [-0.15, -0.1) is 0 Å². The van der Waals surface area contributed by atoms with E-state index in [9.17, 15) is 0 Å². The molecule has 0 saturated carbocycles. The Labute approximate surface area is 157 Å². The van der Waals surface area contributed by atoms with Gasteiger partial charge in [-0.1, -0.05) is 91.9 Å². The number of rotatable bonds is 6. The van der Waals surface area contributed by atoms with E-state index in [1.807, 2.05) is 0 Å². The van der Waals surface area contributed by atoms with Crippen molar-refractivity contribution >= 4 is 0 Å². The molecule has 0 saturated heterocycles. The first-order chi connectivity index (χ1) is 12.7. The number of nitrogens with zero attached hydrogens (tertiary/aromatic N) is 1. The largest absolute Gasteiger partial charge is 0.294 e. The van der Waals surface area contributed by atoms with Crippen LogP contribution in [0.1, 0.15) is 35.6 Å². The third kappa shape index (κ3) is 3.73. The van der Waals surface area contributed by atoms with Gasteiger partial charge in [0.2, 0.25) is 0 Å². The minimum absolute atomic E-state index is 0.236. The second-order valence-corrected chi connectivity index (χ2v) is 7.83. The Hall–Kier alpha value is -2.38. The van der Waals surface area contributed by atoms with Crippen molar-refractivity contribution in [3.05, 3.63) is 107 Å². The first kappa shape index (κ1) is 17.1. The van der Waals surface area contributed by atoms with E-state index in [-0.39, 0.29) is 5.41 Å². The highest BCUT2D eigenvalue weighted by atomic mass is 15.1. The van der Waals surface area contributed by atoms with Gasteiger partial charge in [0, 0.05) is 25.0 Å². The fourth-order valence-electron chi connectivity index (χ4n) is 4.38. The Bertz CT molecular complexity index is 799. The Morgan fingerprint density at radius 1 is 0.731 bits per heavy atom. The van der Waals surface area contributed by atoms with Crippen LogP contribution in [0, 0.1) is 0 Å². The lowest BCUT2D eigenvalue weighted by Crippen LogP contribution is -2.37. The molecule has 0 N–H and O–H groups in total. The van der Waals surface area contributed by atoms with Gasteiger partial charge in [-0.25, -0.2) is 0 Å². The van der Waals surface area contributed by atoms with Crippen molar-refractivity contribution in [1.82, 2.24) is 4.90 Å². The van der Waals surface area contributed by atoms with Crippen LogP contribution in [0.3, 0.4) is 0 Å². The molecule has 0 amide bonds. The molecule has 0 heterocycles. The van der Waals surface area contributed by atoms with Crippen LogP contribution in [0.4, 0.5) is 0 Å². The lowest BCUT2D eigenvalue weighted by molar-refractivity contribution is 0.198. The maximum absolute atomic E-state index is 2.62. The van der Waals surface area contributed by atoms with Gasteiger partial charge in [-0.2, -0.15) is 0 Å². The summed E-state index contributed by atoms with van der Waals surface area (Å²) < 4.78 is 0. The number of hydrogen-bond donors (Lipinski definition) is 0. The van der Waals surface area contributed by atoms with E-state index in [1.54, 1.807) is 5.56 Å². The molecule has 1 nitrogen and oxygen atoms in total. The van der Waals surface area contributed by atoms with E-state index < -0.39 is 0 Å². The summed E-state index contributed by atoms with van der Waals surface area (Å²) in [5, 5.41) is 0. The molecule has 26 heavy (non-hydrogen) atoms. The second kappa shape index (κ2) is 7.47. The number of hydrogen-bond acceptors (Lipinski definition) is 1. The van der Waals surface area contributed by atoms with E-state index >= 15 is 0 Å². The summed E-state index contributed by atoms with van der Waals surface area (Å²) in [5.41, 5.74) is 6.09. The fraction of sp³-hybridized carbons (Fsp3) is 0.280. The van der Waals surface area contributed by atoms with E-state index in [2.05, 4.69) is 96.8 Å². The molecule has 0 radical (unpaired) electrons. The van der Waals surface area contributed by atoms with E-state index in [0.717, 1.165) is 19.6 Å². The van der Waals surface area contributed by atoms with Crippen molar-refractivity contribution in [3.8, 4) is 0 Å². The molecule has 3 aromatic rings. The first-order valence-corrected chi connectivity index (χ1v) is 9.62. The Morgan fingerprint density at radius 3 is 1.88 bits per heavy atom. The second-order valence-electron chi connectivity index (χ2n) is 7.83. The predicted molar refractivity (Wildman–Crippen MR) is 109 cm³/mol. The molecule has 1 heteroatoms. The van der Waals surface area contributed by atoms with Gasteiger partial charge in [0.15, 0.2) is 0 Å². The number of fused-ring (bicyclic) bond motifs is 1. The van der Waals surface area contributed by atoms with Crippen molar-refractivity contribution in [2.75, 3.05) is 6.54 Å². The van der Waals surface area contributed by atoms with Gasteiger partial charge in [0.25, 0.3) is 0 Å². The van der Waals surface area contributed by atoms with Gasteiger partial charge >= 0.3 is 0 Å². The topological polar surface area (TPSA) is 3.24 Å². The smallest absolute Gasteiger partial charge is 0.0237 e. The standard InChI is InChI=1S/C25H27N/c1-25(17-16-23-14-8-9-15-24(23)25)20-26(18-21-10-4-2-5-11-21)19-22-12-6-3-7-13-22/h2-15H,16-20H2,1H3/t25-/m1/s1. The molecular weight excluding hydrogens is 314 g/mol. The summed E-state index contributed by atoms with van der Waals surface area (Å²) in [4.78, 5) is 2.62. The molecule has 0 fully saturated rings. The summed E-state index contributed by atoms with van der Waals surface area (Å²) in [5.74, 6) is 0. The lowest BCUT2D eigenvalue weighted by atomic mass is 9.83. The monoisotopic (exact) mass is 341 g/mol. The SMILES string of the molecule is C[C@]1(CN(Cc2ccccc2)Cc2ccccc2)CCc2ccccc21. The Morgan fingerprint density at radius 2 is 1.27 bits per heavy atom. The van der Waals surface area contributed by atoms with Crippen molar-refractivity contribution in [2.24, 2.45) is 0 Å². The van der Waals surface area contributed by atoms with Gasteiger partial charge in [-0.3, -0.25) is 4.90 Å². The van der Waals surface area contributed by atoms with Crippen LogP contribution in [-0.4, -0.2) is 11.4 Å². The highest BCUT2D eigenvalue weighted by molar-refractivity contribution is 5.39. The van der Waals surface area contributed by atoms with Crippen LogP contribution in [-0.2, 0) is 24.9 Å². The third-order valence-electron chi connectivity index (χ3n) is 5.68. The molecule has 1 aliphatic carbocycles. The molecule has 3 aromatic carbocycles. The maximum Gasteiger partial charge on any atom is 0.0237 e. The molecule has 4 rings (SSSR count). The van der Waals surface area contributed by atoms with Crippen LogP contribution in [0.15, 0.2) is 84.9 Å². The maximum atomic E-state index is 2.62. The van der Waals surface area contributed by atoms with E-state index in [0.29, 0.717) is 0 Å². The van der Waals surface area contributed by atoms with Gasteiger partial charge in [0.05, 0.1) is 0 Å². The quantitative estimate of drug-likeness (QED) is 0.564. The molecular formula is C25H27N. The van der Waals surface area contributed by atoms with Crippen molar-refractivity contribution < 1.29 is 0 Å². The van der Waals surface area contributed by atoms with E-state index in [4.69, 9.17) is 0 Å². The highest BCUT2D eigenvalue weighted by Gasteiger charge is 2.35. The van der Waals surface area contributed by atoms with Gasteiger partial charge in [0.1, 0.15) is 0 Å². The van der Waals surface area contributed by atoms with Crippen LogP contribution < -0.4 is 0 Å². The fourth-order valence-corrected chi connectivity index (χ4v) is 4.38. The predicted octanol–water partition coefficient (Wildman–Crippen LogP) is 5.59. The number of benzene rings is 3. The molecule has 0 aromatic heterocycles. The van der Waals surface area contributed by atoms with Crippen molar-refractivity contribution in [2.45, 2.75) is 38.3 Å². The zero-order valence-electron chi connectivity index (χ0n) is 15.6. The Balaban J connectivity index is 1.58. The highest BCUT2D eigenvalue weighted by Crippen LogP contribution is 2.39. The molecule has 0 unspecified atom stereocenters. The van der Waals surface area contributed by atoms with Crippen molar-refractivity contribution in [3.63, 3.8) is 0 Å². The average molecular weight is 341 g/mol. The van der Waals surface area contributed by atoms with Gasteiger partial charge < -0.3 is 0 Å². The summed E-state index contributed by atoms with van der Waals surface area (Å²) in [6.07, 6.45) is 2.45. The molecule has 0 bridgehead atoms. The van der Waals surface area contributed by atoms with Crippen LogP contribution >= 0.6 is 0 Å². The van der Waals surface area contributed by atoms with E-state index in [1.165, 1.54) is 29.5 Å². The summed E-state index contributed by atoms with van der Waals surface area (Å²) in [6, 6.07) is 30.7. The first-order valence-electron chi connectivity index (χ1n) is 9.62. The zero-order chi connectivity index (χ0) is 17.8. The van der Waals surface area contributed by atoms with Crippen LogP contribution in [0.2, 0.25) is 0 Å². The summed E-state index contributed by atoms with van der Waals surface area (Å²) in [6.45, 7) is 5.52. The molecule has 0 spiro atoms. The van der Waals surface area contributed by atoms with Crippen molar-refractivity contribution in [1.29, 1.82) is 0 Å². The lowest BCUT2D eigenvalue weighted by Gasteiger charge is -2.34. The van der Waals surface area contributed by atoms with Crippen LogP contribution in [0.25, 0.3) is 0 Å². The molecule has 1 aliphatic rings. The molecule has 132 valence electrons. The minimum Gasteiger partial charge on any atom is -0.294 e. The molecule has 0 aliphatic heterocycles. The summed E-state index contributed by atoms with van der Waals surface area (Å²) in [7, 11) is 0. The van der Waals surface area contributed by atoms with Gasteiger partial charge in [-0.05, 0) is 35.1 Å². The zero-order valence-corrected chi connectivity index (χ0v) is 15.6. The normalized spacial score (nSPS) is 18.8. The number of aryl methyl sites for hydroxylation is 1. The van der Waals surface area contributed by atoms with Crippen LogP contribution in [0.5, 0.6) is 0 Å². The molecule has 1 atom stereocenters. The average Bonchev–Trinajstić information content (AvgIpc) is 3.00. The Kier molecular flexibility index (Phi) is 4.90.